The molecule has 0 fully saturated rings. The number of carboxylic acid groups (broad SMARTS) is 1. The molecule has 0 spiro atoms. The number of hydrogen-bond donors (Lipinski definition) is 1. The second kappa shape index (κ2) is 5.01. The van der Waals surface area contributed by atoms with Crippen LogP contribution in [0.5, 0.6) is 5.75 Å². The van der Waals surface area contributed by atoms with E-state index in [0.29, 0.717) is 0 Å². The molecule has 1 N–H and O–H groups in total. The molecule has 0 saturated heterocycles. The third-order valence-electron chi connectivity index (χ3n) is 1.60. The van der Waals surface area contributed by atoms with Gasteiger partial charge in [-0.1, -0.05) is 12.5 Å². The molecule has 17 heavy (non-hydrogen) atoms. The van der Waals surface area contributed by atoms with Crippen molar-refractivity contribution in [3.8, 4) is 18.3 Å². The molecule has 0 amide bonds. The van der Waals surface area contributed by atoms with Gasteiger partial charge in [-0.05, 0) is 23.9 Å². The molecule has 0 aromatic heterocycles. The molecule has 0 atom stereocenters. The van der Waals surface area contributed by atoms with Gasteiger partial charge in [0.2, 0.25) is 0 Å². The minimum Gasteiger partial charge on any atom is -0.478 e. The highest BCUT2D eigenvalue weighted by Gasteiger charge is 2.32. The number of benzene rings is 1. The van der Waals surface area contributed by atoms with Gasteiger partial charge < -0.3 is 9.84 Å². The molecule has 0 aliphatic heterocycles. The van der Waals surface area contributed by atoms with E-state index in [1.807, 2.05) is 0 Å². The van der Waals surface area contributed by atoms with Crippen LogP contribution in [0.4, 0.5) is 13.2 Å². The van der Waals surface area contributed by atoms with Crippen LogP contribution in [-0.4, -0.2) is 16.6 Å². The number of aromatic carboxylic acids is 1. The number of terminal acetylenes is 1. The number of ether oxygens (including phenoxy) is 1. The van der Waals surface area contributed by atoms with Crippen LogP contribution < -0.4 is 4.74 Å². The third kappa shape index (κ3) is 3.60. The van der Waals surface area contributed by atoms with Gasteiger partial charge in [-0.2, -0.15) is 13.2 Å². The second-order valence-electron chi connectivity index (χ2n) is 2.71. The molecule has 0 heterocycles. The summed E-state index contributed by atoms with van der Waals surface area (Å²) in [6.45, 7) is 0. The summed E-state index contributed by atoms with van der Waals surface area (Å²) in [6, 6.07) is 3.37. The average Bonchev–Trinajstić information content (AvgIpc) is 2.18. The lowest BCUT2D eigenvalue weighted by Gasteiger charge is -2.10. The van der Waals surface area contributed by atoms with E-state index in [0.717, 1.165) is 12.1 Å². The number of alkyl halides is 3. The normalized spacial score (nSPS) is 10.7. The standard InChI is InChI=1S/C10H5F3O3S/c1-2-16-8-6(9(14)15)4-3-5-7(8)17-10(11,12)13/h1,3-5H,(H,14,15). The third-order valence-corrected chi connectivity index (χ3v) is 2.37. The van der Waals surface area contributed by atoms with Crippen molar-refractivity contribution < 1.29 is 27.8 Å². The van der Waals surface area contributed by atoms with E-state index in [1.54, 1.807) is 6.11 Å². The Balaban J connectivity index is 3.26. The first-order chi connectivity index (χ1) is 7.85. The SMILES string of the molecule is C#COc1c(SC(F)(F)F)cccc1C(=O)O. The molecule has 3 nitrogen and oxygen atoms in total. The molecule has 0 aliphatic carbocycles. The Bertz CT molecular complexity index is 477. The number of thioether (sulfide) groups is 1. The smallest absolute Gasteiger partial charge is 0.446 e. The minimum absolute atomic E-state index is 0.393. The summed E-state index contributed by atoms with van der Waals surface area (Å²) in [5.74, 6) is -1.90. The molecule has 1 aromatic carbocycles. The molecule has 0 saturated carbocycles. The lowest BCUT2D eigenvalue weighted by atomic mass is 10.2. The van der Waals surface area contributed by atoms with Crippen molar-refractivity contribution in [1.29, 1.82) is 0 Å². The Labute approximate surface area is 98.6 Å². The van der Waals surface area contributed by atoms with Gasteiger partial charge in [0.25, 0.3) is 0 Å². The predicted octanol–water partition coefficient (Wildman–Crippen LogP) is 2.97. The fourth-order valence-electron chi connectivity index (χ4n) is 1.05. The van der Waals surface area contributed by atoms with Gasteiger partial charge in [-0.3, -0.25) is 0 Å². The van der Waals surface area contributed by atoms with E-state index in [-0.39, 0.29) is 0 Å². The van der Waals surface area contributed by atoms with Gasteiger partial charge in [-0.25, -0.2) is 4.79 Å². The van der Waals surface area contributed by atoms with Crippen molar-refractivity contribution in [1.82, 2.24) is 0 Å². The number of carboxylic acids is 1. The van der Waals surface area contributed by atoms with Crippen LogP contribution in [0.25, 0.3) is 0 Å². The van der Waals surface area contributed by atoms with Crippen molar-refractivity contribution >= 4 is 17.7 Å². The largest absolute Gasteiger partial charge is 0.478 e. The predicted molar refractivity (Wildman–Crippen MR) is 54.8 cm³/mol. The summed E-state index contributed by atoms with van der Waals surface area (Å²) in [6.07, 6.45) is 6.47. The van der Waals surface area contributed by atoms with Crippen LogP contribution in [-0.2, 0) is 0 Å². The molecule has 0 unspecified atom stereocenters. The fraction of sp³-hybridized carbons (Fsp3) is 0.100. The molecule has 1 aromatic rings. The molecular weight excluding hydrogens is 257 g/mol. The quantitative estimate of drug-likeness (QED) is 0.672. The molecule has 0 radical (unpaired) electrons. The summed E-state index contributed by atoms with van der Waals surface area (Å²) < 4.78 is 41.1. The molecule has 1 rings (SSSR count). The van der Waals surface area contributed by atoms with Crippen LogP contribution in [0, 0.1) is 12.5 Å². The number of hydrogen-bond acceptors (Lipinski definition) is 3. The fourth-order valence-corrected chi connectivity index (χ4v) is 1.69. The maximum absolute atomic E-state index is 12.2. The van der Waals surface area contributed by atoms with Gasteiger partial charge in [0.15, 0.2) is 5.75 Å². The highest BCUT2D eigenvalue weighted by Crippen LogP contribution is 2.42. The first-order valence-corrected chi connectivity index (χ1v) is 4.91. The molecule has 7 heteroatoms. The molecule has 90 valence electrons. The van der Waals surface area contributed by atoms with Crippen LogP contribution >= 0.6 is 11.8 Å². The maximum atomic E-state index is 12.2. The highest BCUT2D eigenvalue weighted by molar-refractivity contribution is 8.00. The van der Waals surface area contributed by atoms with Gasteiger partial charge >= 0.3 is 11.5 Å². The number of carbonyl (C=O) groups is 1. The summed E-state index contributed by atoms with van der Waals surface area (Å²) in [7, 11) is 0. The second-order valence-corrected chi connectivity index (χ2v) is 3.81. The van der Waals surface area contributed by atoms with E-state index in [9.17, 15) is 18.0 Å². The van der Waals surface area contributed by atoms with E-state index in [1.165, 1.54) is 6.07 Å². The minimum atomic E-state index is -4.55. The van der Waals surface area contributed by atoms with Gasteiger partial charge in [0, 0.05) is 0 Å². The molecule has 0 bridgehead atoms. The topological polar surface area (TPSA) is 46.5 Å². The van der Waals surface area contributed by atoms with Crippen molar-refractivity contribution in [2.45, 2.75) is 10.4 Å². The number of halogens is 3. The van der Waals surface area contributed by atoms with E-state index in [2.05, 4.69) is 4.74 Å². The molecule has 0 aliphatic rings. The van der Waals surface area contributed by atoms with Crippen molar-refractivity contribution in [2.24, 2.45) is 0 Å². The van der Waals surface area contributed by atoms with E-state index >= 15 is 0 Å². The maximum Gasteiger partial charge on any atom is 0.446 e. The van der Waals surface area contributed by atoms with Crippen LogP contribution in [0.2, 0.25) is 0 Å². The van der Waals surface area contributed by atoms with Gasteiger partial charge in [0.05, 0.1) is 4.90 Å². The number of para-hydroxylation sites is 1. The van der Waals surface area contributed by atoms with Gasteiger partial charge in [0.1, 0.15) is 11.7 Å². The Morgan fingerprint density at radius 3 is 2.59 bits per heavy atom. The first-order valence-electron chi connectivity index (χ1n) is 4.09. The van der Waals surface area contributed by atoms with Crippen LogP contribution in [0.15, 0.2) is 23.1 Å². The Morgan fingerprint density at radius 1 is 1.47 bits per heavy atom. The van der Waals surface area contributed by atoms with Crippen molar-refractivity contribution in [3.05, 3.63) is 23.8 Å². The highest BCUT2D eigenvalue weighted by atomic mass is 32.2. The van der Waals surface area contributed by atoms with Crippen LogP contribution in [0.3, 0.4) is 0 Å². The van der Waals surface area contributed by atoms with Crippen LogP contribution in [0.1, 0.15) is 10.4 Å². The van der Waals surface area contributed by atoms with Crippen molar-refractivity contribution in [2.75, 3.05) is 0 Å². The van der Waals surface area contributed by atoms with E-state index < -0.39 is 39.4 Å². The van der Waals surface area contributed by atoms with Crippen molar-refractivity contribution in [3.63, 3.8) is 0 Å². The summed E-state index contributed by atoms with van der Waals surface area (Å²) in [4.78, 5) is 10.4. The molecular formula is C10H5F3O3S. The first kappa shape index (κ1) is 13.3. The van der Waals surface area contributed by atoms with E-state index in [4.69, 9.17) is 11.5 Å². The zero-order valence-electron chi connectivity index (χ0n) is 8.12. The van der Waals surface area contributed by atoms with Gasteiger partial charge in [-0.15, -0.1) is 0 Å². The lowest BCUT2D eigenvalue weighted by molar-refractivity contribution is -0.0329. The zero-order valence-corrected chi connectivity index (χ0v) is 8.93. The Morgan fingerprint density at radius 2 is 2.12 bits per heavy atom. The zero-order chi connectivity index (χ0) is 13.1. The monoisotopic (exact) mass is 262 g/mol. The summed E-state index contributed by atoms with van der Waals surface area (Å²) in [5, 5.41) is 8.78. The lowest BCUT2D eigenvalue weighted by Crippen LogP contribution is -2.04. The summed E-state index contributed by atoms with van der Waals surface area (Å²) in [5.41, 5.74) is -4.97. The Hall–Kier alpha value is -1.81. The number of rotatable bonds is 3. The summed E-state index contributed by atoms with van der Waals surface area (Å²) >= 11 is -0.485. The Kier molecular flexibility index (Phi) is 3.91. The average molecular weight is 262 g/mol.